The van der Waals surface area contributed by atoms with E-state index in [1.54, 1.807) is 23.1 Å². The average molecular weight is 570 g/mol. The van der Waals surface area contributed by atoms with Crippen molar-refractivity contribution < 1.29 is 27.1 Å². The highest BCUT2D eigenvalue weighted by molar-refractivity contribution is 9.10. The fourth-order valence-corrected chi connectivity index (χ4v) is 5.67. The molecular formula is C24H29BrFN3O5S. The van der Waals surface area contributed by atoms with Crippen molar-refractivity contribution in [2.24, 2.45) is 5.14 Å². The molecule has 0 saturated carbocycles. The number of primary sulfonamides is 1. The Morgan fingerprint density at radius 1 is 1.20 bits per heavy atom. The molecule has 11 heteroatoms. The third-order valence-electron chi connectivity index (χ3n) is 5.98. The van der Waals surface area contributed by atoms with Crippen LogP contribution < -0.4 is 9.88 Å². The number of amides is 1. The summed E-state index contributed by atoms with van der Waals surface area (Å²) in [6.07, 6.45) is 0.743. The number of ether oxygens (including phenoxy) is 1. The van der Waals surface area contributed by atoms with E-state index in [1.165, 1.54) is 24.3 Å². The van der Waals surface area contributed by atoms with Gasteiger partial charge in [-0.25, -0.2) is 17.9 Å². The van der Waals surface area contributed by atoms with E-state index in [4.69, 9.17) is 9.88 Å². The molecule has 1 saturated heterocycles. The molecule has 0 aliphatic carbocycles. The van der Waals surface area contributed by atoms with Crippen LogP contribution in [-0.2, 0) is 26.2 Å². The van der Waals surface area contributed by atoms with Gasteiger partial charge in [-0.15, -0.1) is 0 Å². The standard InChI is InChI=1S/C24H29BrFN3O5S/c1-3-20-14-28(13-17-4-7-19(26)8-5-17)10-11-29(20)23(31)15-34-22-9-6-18(25)12-21(22)24(16(2)30)35(27,32)33/h4-9,12,20,24H,3,10-11,13-15H2,1-2H3,(H2,27,32,33)/t20-,24?/m1/s1. The van der Waals surface area contributed by atoms with Gasteiger partial charge >= 0.3 is 0 Å². The van der Waals surface area contributed by atoms with E-state index in [9.17, 15) is 22.4 Å². The Balaban J connectivity index is 1.68. The number of hydrogen-bond donors (Lipinski definition) is 1. The quantitative estimate of drug-likeness (QED) is 0.497. The molecule has 2 atom stereocenters. The summed E-state index contributed by atoms with van der Waals surface area (Å²) in [5, 5.41) is 3.70. The molecule has 0 aromatic heterocycles. The van der Waals surface area contributed by atoms with E-state index in [-0.39, 0.29) is 35.7 Å². The summed E-state index contributed by atoms with van der Waals surface area (Å²) in [5.74, 6) is -1.05. The highest BCUT2D eigenvalue weighted by Crippen LogP contribution is 2.33. The summed E-state index contributed by atoms with van der Waals surface area (Å²) in [4.78, 5) is 29.1. The Morgan fingerprint density at radius 2 is 1.89 bits per heavy atom. The number of ketones is 1. The molecule has 0 bridgehead atoms. The summed E-state index contributed by atoms with van der Waals surface area (Å²) < 4.78 is 43.6. The van der Waals surface area contributed by atoms with Crippen molar-refractivity contribution in [3.63, 3.8) is 0 Å². The SMILES string of the molecule is CC[C@@H]1CN(Cc2ccc(F)cc2)CCN1C(=O)COc1ccc(Br)cc1C(C(C)=O)S(N)(=O)=O. The predicted molar refractivity (Wildman–Crippen MR) is 134 cm³/mol. The fourth-order valence-electron chi connectivity index (χ4n) is 4.29. The first-order valence-corrected chi connectivity index (χ1v) is 13.6. The number of carbonyl (C=O) groups excluding carboxylic acids is 2. The van der Waals surface area contributed by atoms with Crippen LogP contribution in [0.5, 0.6) is 5.75 Å². The molecule has 1 aliphatic rings. The number of hydrogen-bond acceptors (Lipinski definition) is 6. The number of nitrogens with two attached hydrogens (primary N) is 1. The third-order valence-corrected chi connectivity index (χ3v) is 7.72. The predicted octanol–water partition coefficient (Wildman–Crippen LogP) is 3.01. The van der Waals surface area contributed by atoms with Gasteiger partial charge in [0, 0.05) is 42.3 Å². The van der Waals surface area contributed by atoms with Gasteiger partial charge in [0.1, 0.15) is 11.6 Å². The number of Topliss-reactive ketones (excluding diaryl/α,β-unsaturated/α-hetero) is 1. The average Bonchev–Trinajstić information content (AvgIpc) is 2.78. The normalized spacial score (nSPS) is 17.7. The van der Waals surface area contributed by atoms with Gasteiger partial charge in [-0.05, 0) is 49.2 Å². The zero-order valence-corrected chi connectivity index (χ0v) is 22.0. The maximum atomic E-state index is 13.2. The molecule has 1 aliphatic heterocycles. The van der Waals surface area contributed by atoms with E-state index in [1.807, 2.05) is 6.92 Å². The second kappa shape index (κ2) is 11.6. The number of benzene rings is 2. The monoisotopic (exact) mass is 569 g/mol. The van der Waals surface area contributed by atoms with Gasteiger partial charge in [-0.2, -0.15) is 0 Å². The lowest BCUT2D eigenvalue weighted by Crippen LogP contribution is -2.55. The number of sulfonamides is 1. The molecule has 0 radical (unpaired) electrons. The van der Waals surface area contributed by atoms with Crippen LogP contribution in [0.25, 0.3) is 0 Å². The second-order valence-electron chi connectivity index (χ2n) is 8.56. The van der Waals surface area contributed by atoms with Crippen LogP contribution in [0, 0.1) is 5.82 Å². The van der Waals surface area contributed by atoms with Crippen molar-refractivity contribution in [2.45, 2.75) is 38.1 Å². The molecule has 3 rings (SSSR count). The van der Waals surface area contributed by atoms with Crippen molar-refractivity contribution in [3.8, 4) is 5.75 Å². The Kier molecular flexibility index (Phi) is 9.03. The minimum absolute atomic E-state index is 0.0286. The van der Waals surface area contributed by atoms with Gasteiger partial charge in [-0.3, -0.25) is 14.5 Å². The first kappa shape index (κ1) is 27.3. The topological polar surface area (TPSA) is 110 Å². The number of piperazine rings is 1. The van der Waals surface area contributed by atoms with Crippen LogP contribution in [0.15, 0.2) is 46.9 Å². The molecular weight excluding hydrogens is 541 g/mol. The lowest BCUT2D eigenvalue weighted by molar-refractivity contribution is -0.138. The minimum Gasteiger partial charge on any atom is -0.483 e. The van der Waals surface area contributed by atoms with Gasteiger partial charge in [-0.1, -0.05) is 35.0 Å². The zero-order valence-electron chi connectivity index (χ0n) is 19.6. The summed E-state index contributed by atoms with van der Waals surface area (Å²) in [6.45, 7) is 5.33. The highest BCUT2D eigenvalue weighted by atomic mass is 79.9. The molecule has 8 nitrogen and oxygen atoms in total. The number of nitrogens with zero attached hydrogens (tertiary/aromatic N) is 2. The second-order valence-corrected chi connectivity index (χ2v) is 11.1. The Hall–Kier alpha value is -2.34. The molecule has 190 valence electrons. The van der Waals surface area contributed by atoms with E-state index in [2.05, 4.69) is 20.8 Å². The minimum atomic E-state index is -4.23. The molecule has 2 aromatic carbocycles. The molecule has 0 spiro atoms. The van der Waals surface area contributed by atoms with Gasteiger partial charge in [0.2, 0.25) is 10.0 Å². The van der Waals surface area contributed by atoms with Crippen LogP contribution in [0.1, 0.15) is 36.6 Å². The molecule has 1 amide bonds. The van der Waals surface area contributed by atoms with Crippen molar-refractivity contribution in [2.75, 3.05) is 26.2 Å². The maximum Gasteiger partial charge on any atom is 0.260 e. The lowest BCUT2D eigenvalue weighted by atomic mass is 10.1. The number of rotatable bonds is 9. The summed E-state index contributed by atoms with van der Waals surface area (Å²) in [6, 6.07) is 11.0. The summed E-state index contributed by atoms with van der Waals surface area (Å²) in [5.41, 5.74) is 1.08. The van der Waals surface area contributed by atoms with Gasteiger partial charge in [0.05, 0.1) is 0 Å². The Bertz CT molecular complexity index is 1180. The summed E-state index contributed by atoms with van der Waals surface area (Å²) in [7, 11) is -4.23. The molecule has 1 unspecified atom stereocenters. The van der Waals surface area contributed by atoms with Crippen LogP contribution in [0.4, 0.5) is 4.39 Å². The fraction of sp³-hybridized carbons (Fsp3) is 0.417. The van der Waals surface area contributed by atoms with Crippen LogP contribution in [-0.4, -0.2) is 62.2 Å². The van der Waals surface area contributed by atoms with E-state index in [0.29, 0.717) is 30.7 Å². The molecule has 1 fully saturated rings. The molecule has 35 heavy (non-hydrogen) atoms. The smallest absolute Gasteiger partial charge is 0.260 e. The van der Waals surface area contributed by atoms with Crippen molar-refractivity contribution >= 4 is 37.6 Å². The van der Waals surface area contributed by atoms with Crippen molar-refractivity contribution in [1.82, 2.24) is 9.80 Å². The van der Waals surface area contributed by atoms with E-state index >= 15 is 0 Å². The first-order valence-electron chi connectivity index (χ1n) is 11.2. The van der Waals surface area contributed by atoms with Crippen molar-refractivity contribution in [1.29, 1.82) is 0 Å². The number of carbonyl (C=O) groups is 2. The maximum absolute atomic E-state index is 13.2. The Labute approximate surface area is 213 Å². The lowest BCUT2D eigenvalue weighted by Gasteiger charge is -2.41. The van der Waals surface area contributed by atoms with Gasteiger partial charge in [0.15, 0.2) is 17.6 Å². The number of halogens is 2. The van der Waals surface area contributed by atoms with Gasteiger partial charge in [0.25, 0.3) is 5.91 Å². The molecule has 2 N–H and O–H groups in total. The van der Waals surface area contributed by atoms with E-state index in [0.717, 1.165) is 18.9 Å². The van der Waals surface area contributed by atoms with Gasteiger partial charge < -0.3 is 9.64 Å². The van der Waals surface area contributed by atoms with E-state index < -0.39 is 21.1 Å². The third kappa shape index (κ3) is 7.09. The largest absolute Gasteiger partial charge is 0.483 e. The molecule has 2 aromatic rings. The van der Waals surface area contributed by atoms with Crippen LogP contribution in [0.2, 0.25) is 0 Å². The van der Waals surface area contributed by atoms with Crippen LogP contribution >= 0.6 is 15.9 Å². The molecule has 1 heterocycles. The van der Waals surface area contributed by atoms with Crippen molar-refractivity contribution in [3.05, 3.63) is 63.9 Å². The Morgan fingerprint density at radius 3 is 2.49 bits per heavy atom. The van der Waals surface area contributed by atoms with Crippen LogP contribution in [0.3, 0.4) is 0 Å². The highest BCUT2D eigenvalue weighted by Gasteiger charge is 2.33. The summed E-state index contributed by atoms with van der Waals surface area (Å²) >= 11 is 3.27. The first-order chi connectivity index (χ1) is 16.5. The zero-order chi connectivity index (χ0) is 25.8.